The number of carbonyl (C=O) groups is 2. The number of allylic oxidation sites excluding steroid dienone is 1. The van der Waals surface area contributed by atoms with Crippen molar-refractivity contribution in [3.63, 3.8) is 0 Å². The summed E-state index contributed by atoms with van der Waals surface area (Å²) in [7, 11) is 0. The van der Waals surface area contributed by atoms with Crippen molar-refractivity contribution in [2.24, 2.45) is 10.9 Å². The molecule has 0 aromatic heterocycles. The Labute approximate surface area is 177 Å². The second-order valence-corrected chi connectivity index (χ2v) is 7.80. The van der Waals surface area contributed by atoms with Gasteiger partial charge in [-0.05, 0) is 42.9 Å². The van der Waals surface area contributed by atoms with Gasteiger partial charge in [0.2, 0.25) is 0 Å². The summed E-state index contributed by atoms with van der Waals surface area (Å²) in [4.78, 5) is 30.7. The van der Waals surface area contributed by atoms with Crippen molar-refractivity contribution in [2.45, 2.75) is 45.4 Å². The molecule has 0 bridgehead atoms. The smallest absolute Gasteiger partial charge is 0.336 e. The van der Waals surface area contributed by atoms with Crippen molar-refractivity contribution in [2.75, 3.05) is 6.61 Å². The van der Waals surface area contributed by atoms with Gasteiger partial charge >= 0.3 is 5.97 Å². The average molecular weight is 402 g/mol. The molecule has 0 amide bonds. The highest BCUT2D eigenvalue weighted by Crippen LogP contribution is 2.44. The van der Waals surface area contributed by atoms with Crippen molar-refractivity contribution in [1.82, 2.24) is 0 Å². The maximum Gasteiger partial charge on any atom is 0.336 e. The van der Waals surface area contributed by atoms with Crippen LogP contribution < -0.4 is 0 Å². The SMILES string of the molecule is CCOC(=O)C1=C(CC)N=C2CCCC(=O)C2C1c1ccc(-c2ccccc2)cc1. The summed E-state index contributed by atoms with van der Waals surface area (Å²) >= 11 is 0. The summed E-state index contributed by atoms with van der Waals surface area (Å²) in [6, 6.07) is 18.4. The largest absolute Gasteiger partial charge is 0.463 e. The number of nitrogens with zero attached hydrogens (tertiary/aromatic N) is 1. The van der Waals surface area contributed by atoms with E-state index in [1.165, 1.54) is 0 Å². The van der Waals surface area contributed by atoms with Crippen LogP contribution in [0.25, 0.3) is 11.1 Å². The fourth-order valence-corrected chi connectivity index (χ4v) is 4.62. The highest BCUT2D eigenvalue weighted by molar-refractivity contribution is 6.11. The molecular formula is C26H27NO3. The highest BCUT2D eigenvalue weighted by Gasteiger charge is 2.44. The predicted molar refractivity (Wildman–Crippen MR) is 118 cm³/mol. The van der Waals surface area contributed by atoms with Gasteiger partial charge in [0.15, 0.2) is 0 Å². The lowest BCUT2D eigenvalue weighted by molar-refractivity contribution is -0.139. The van der Waals surface area contributed by atoms with Gasteiger partial charge in [-0.1, -0.05) is 61.5 Å². The molecule has 1 saturated carbocycles. The van der Waals surface area contributed by atoms with Crippen molar-refractivity contribution >= 4 is 17.5 Å². The van der Waals surface area contributed by atoms with Crippen LogP contribution in [0.5, 0.6) is 0 Å². The van der Waals surface area contributed by atoms with E-state index in [2.05, 4.69) is 24.3 Å². The molecule has 30 heavy (non-hydrogen) atoms. The number of aliphatic imine (C=N–C) groups is 1. The molecule has 2 atom stereocenters. The van der Waals surface area contributed by atoms with E-state index in [9.17, 15) is 9.59 Å². The van der Waals surface area contributed by atoms with E-state index in [4.69, 9.17) is 9.73 Å². The van der Waals surface area contributed by atoms with Crippen LogP contribution in [0.3, 0.4) is 0 Å². The Hall–Kier alpha value is -3.01. The standard InChI is InChI=1S/C26H27NO3/c1-3-20-25(26(29)30-4-2)23(24-21(27-20)11-8-12-22(24)28)19-15-13-18(14-16-19)17-9-6-5-7-10-17/h5-7,9-10,13-16,23-24H,3-4,8,11-12H2,1-2H3. The number of Topliss-reactive ketones (excluding diaryl/α,β-unsaturated/α-hetero) is 1. The molecule has 2 aromatic carbocycles. The van der Waals surface area contributed by atoms with Crippen molar-refractivity contribution in [3.05, 3.63) is 71.4 Å². The zero-order valence-electron chi connectivity index (χ0n) is 17.6. The van der Waals surface area contributed by atoms with Crippen molar-refractivity contribution in [1.29, 1.82) is 0 Å². The molecule has 4 rings (SSSR count). The normalized spacial score (nSPS) is 21.1. The van der Waals surface area contributed by atoms with E-state index in [-0.39, 0.29) is 23.6 Å². The van der Waals surface area contributed by atoms with E-state index in [1.807, 2.05) is 37.3 Å². The Morgan fingerprint density at radius 3 is 2.33 bits per heavy atom. The average Bonchev–Trinajstić information content (AvgIpc) is 2.79. The van der Waals surface area contributed by atoms with Gasteiger partial charge in [-0.15, -0.1) is 0 Å². The third-order valence-corrected chi connectivity index (χ3v) is 6.00. The molecular weight excluding hydrogens is 374 g/mol. The number of fused-ring (bicyclic) bond motifs is 1. The molecule has 1 fully saturated rings. The first-order valence-corrected chi connectivity index (χ1v) is 10.8. The van der Waals surface area contributed by atoms with Gasteiger partial charge in [-0.2, -0.15) is 0 Å². The van der Waals surface area contributed by atoms with Crippen LogP contribution in [0.4, 0.5) is 0 Å². The van der Waals surface area contributed by atoms with Crippen LogP contribution in [-0.2, 0) is 14.3 Å². The summed E-state index contributed by atoms with van der Waals surface area (Å²) < 4.78 is 5.40. The van der Waals surface area contributed by atoms with Gasteiger partial charge in [0.1, 0.15) is 5.78 Å². The van der Waals surface area contributed by atoms with E-state index in [0.29, 0.717) is 25.0 Å². The predicted octanol–water partition coefficient (Wildman–Crippen LogP) is 5.49. The van der Waals surface area contributed by atoms with Crippen molar-refractivity contribution in [3.8, 4) is 11.1 Å². The summed E-state index contributed by atoms with van der Waals surface area (Å²) in [5.41, 5.74) is 5.45. The monoisotopic (exact) mass is 401 g/mol. The molecule has 0 saturated heterocycles. The Balaban J connectivity index is 1.81. The van der Waals surface area contributed by atoms with Crippen LogP contribution in [0.15, 0.2) is 70.9 Å². The lowest BCUT2D eigenvalue weighted by Gasteiger charge is -2.36. The number of hydrogen-bond acceptors (Lipinski definition) is 4. The lowest BCUT2D eigenvalue weighted by Crippen LogP contribution is -2.39. The van der Waals surface area contributed by atoms with Crippen LogP contribution in [0.1, 0.15) is 51.0 Å². The van der Waals surface area contributed by atoms with Gasteiger partial charge in [0, 0.05) is 18.1 Å². The van der Waals surface area contributed by atoms with E-state index >= 15 is 0 Å². The Bertz CT molecular complexity index is 1000. The quantitative estimate of drug-likeness (QED) is 0.623. The zero-order chi connectivity index (χ0) is 21.1. The molecule has 2 aromatic rings. The molecule has 4 nitrogen and oxygen atoms in total. The van der Waals surface area contributed by atoms with E-state index in [0.717, 1.165) is 40.9 Å². The van der Waals surface area contributed by atoms with Crippen LogP contribution >= 0.6 is 0 Å². The number of hydrogen-bond donors (Lipinski definition) is 0. The van der Waals surface area contributed by atoms with Gasteiger partial charge < -0.3 is 4.74 Å². The minimum absolute atomic E-state index is 0.175. The lowest BCUT2D eigenvalue weighted by atomic mass is 9.69. The third-order valence-electron chi connectivity index (χ3n) is 6.00. The van der Waals surface area contributed by atoms with Crippen LogP contribution in [0, 0.1) is 5.92 Å². The molecule has 2 unspecified atom stereocenters. The molecule has 0 radical (unpaired) electrons. The topological polar surface area (TPSA) is 55.7 Å². The summed E-state index contributed by atoms with van der Waals surface area (Å²) in [6.45, 7) is 4.10. The third kappa shape index (κ3) is 3.74. The molecule has 4 heteroatoms. The zero-order valence-corrected chi connectivity index (χ0v) is 17.6. The summed E-state index contributed by atoms with van der Waals surface area (Å²) in [5.74, 6) is -0.873. The first-order chi connectivity index (χ1) is 14.6. The maximum atomic E-state index is 13.0. The molecule has 0 N–H and O–H groups in total. The van der Waals surface area contributed by atoms with Gasteiger partial charge in [-0.3, -0.25) is 9.79 Å². The Morgan fingerprint density at radius 2 is 1.67 bits per heavy atom. The molecule has 154 valence electrons. The number of benzene rings is 2. The number of ether oxygens (including phenoxy) is 1. The van der Waals surface area contributed by atoms with Crippen molar-refractivity contribution < 1.29 is 14.3 Å². The molecule has 0 spiro atoms. The Kier molecular flexibility index (Phi) is 5.93. The fourth-order valence-electron chi connectivity index (χ4n) is 4.62. The Morgan fingerprint density at radius 1 is 0.967 bits per heavy atom. The second kappa shape index (κ2) is 8.78. The highest BCUT2D eigenvalue weighted by atomic mass is 16.5. The minimum atomic E-state index is -0.365. The molecule has 1 aliphatic carbocycles. The van der Waals surface area contributed by atoms with E-state index < -0.39 is 0 Å². The minimum Gasteiger partial charge on any atom is -0.463 e. The molecule has 1 heterocycles. The van der Waals surface area contributed by atoms with Gasteiger partial charge in [-0.25, -0.2) is 4.79 Å². The van der Waals surface area contributed by atoms with Crippen LogP contribution in [-0.4, -0.2) is 24.1 Å². The van der Waals surface area contributed by atoms with Gasteiger partial charge in [0.25, 0.3) is 0 Å². The van der Waals surface area contributed by atoms with E-state index in [1.54, 1.807) is 6.92 Å². The summed E-state index contributed by atoms with van der Waals surface area (Å²) in [6.07, 6.45) is 2.82. The number of rotatable bonds is 5. The number of ketones is 1. The first-order valence-electron chi connectivity index (χ1n) is 10.8. The number of esters is 1. The fraction of sp³-hybridized carbons (Fsp3) is 0.346. The second-order valence-electron chi connectivity index (χ2n) is 7.80. The molecule has 1 aliphatic heterocycles. The summed E-state index contributed by atoms with van der Waals surface area (Å²) in [5, 5.41) is 0. The molecule has 2 aliphatic rings. The van der Waals surface area contributed by atoms with Crippen LogP contribution in [0.2, 0.25) is 0 Å². The first kappa shape index (κ1) is 20.3. The van der Waals surface area contributed by atoms with Gasteiger partial charge in [0.05, 0.1) is 23.8 Å². The maximum absolute atomic E-state index is 13.0. The number of carbonyl (C=O) groups excluding carboxylic acids is 2.